The zero-order valence-electron chi connectivity index (χ0n) is 5.98. The molecule has 1 heterocycles. The number of carbonyl (C=O) groups is 2. The first kappa shape index (κ1) is 7.52. The third-order valence-corrected chi connectivity index (χ3v) is 2.45. The fourth-order valence-electron chi connectivity index (χ4n) is 1.17. The molecule has 0 saturated carbocycles. The third-order valence-electron chi connectivity index (χ3n) is 1.76. The predicted molar refractivity (Wildman–Crippen MR) is 42.7 cm³/mol. The quantitative estimate of drug-likeness (QED) is 0.472. The van der Waals surface area contributed by atoms with Crippen molar-refractivity contribution < 1.29 is 9.59 Å². The molecule has 0 fully saturated rings. The van der Waals surface area contributed by atoms with Gasteiger partial charge in [0.2, 0.25) is 0 Å². The van der Waals surface area contributed by atoms with Gasteiger partial charge in [-0.15, -0.1) is 0 Å². The van der Waals surface area contributed by atoms with Crippen LogP contribution >= 0.6 is 0 Å². The number of hydrogen-bond donors (Lipinski definition) is 0. The molecule has 3 nitrogen and oxygen atoms in total. The van der Waals surface area contributed by atoms with Crippen molar-refractivity contribution in [3.63, 3.8) is 0 Å². The van der Waals surface area contributed by atoms with Crippen LogP contribution in [0.3, 0.4) is 0 Å². The van der Waals surface area contributed by atoms with Gasteiger partial charge in [-0.3, -0.25) is 0 Å². The first-order valence-electron chi connectivity index (χ1n) is 3.37. The number of amides is 2. The molecule has 12 heavy (non-hydrogen) atoms. The average Bonchev–Trinajstić information content (AvgIpc) is 2.33. The number of carbonyl (C=O) groups excluding carboxylic acids is 2. The van der Waals surface area contributed by atoms with E-state index in [1.165, 1.54) is 0 Å². The summed E-state index contributed by atoms with van der Waals surface area (Å²) in [6, 6.07) is 6.77. The molecule has 1 aromatic rings. The summed E-state index contributed by atoms with van der Waals surface area (Å²) in [7, 11) is 0. The van der Waals surface area contributed by atoms with Crippen LogP contribution in [0.1, 0.15) is 20.7 Å². The molecule has 59 valence electrons. The van der Waals surface area contributed by atoms with Gasteiger partial charge in [0, 0.05) is 0 Å². The molecule has 2 amide bonds. The molecule has 0 aromatic heterocycles. The number of nitrogens with zero attached hydrogens (tertiary/aromatic N) is 1. The fourth-order valence-corrected chi connectivity index (χ4v) is 1.58. The van der Waals surface area contributed by atoms with Crippen LogP contribution in [0, 0.1) is 0 Å². The molecule has 0 spiro atoms. The van der Waals surface area contributed by atoms with E-state index in [4.69, 9.17) is 0 Å². The molecule has 0 unspecified atom stereocenters. The molecule has 4 heteroatoms. The molecular formula is C8H4NO2Se. The summed E-state index contributed by atoms with van der Waals surface area (Å²) in [6.07, 6.45) is 0. The monoisotopic (exact) mass is 226 g/mol. The van der Waals surface area contributed by atoms with Gasteiger partial charge in [-0.1, -0.05) is 0 Å². The van der Waals surface area contributed by atoms with Gasteiger partial charge < -0.3 is 0 Å². The van der Waals surface area contributed by atoms with Crippen LogP contribution in [0.5, 0.6) is 0 Å². The maximum absolute atomic E-state index is 11.3. The normalized spacial score (nSPS) is 15.2. The standard InChI is InChI=1S/C8H4NO2Se/c10-7-5-3-1-2-4-6(5)8(11)9(7)12/h1-4H. The van der Waals surface area contributed by atoms with Gasteiger partial charge in [-0.05, 0) is 0 Å². The second-order valence-electron chi connectivity index (χ2n) is 2.45. The SMILES string of the molecule is O=C1c2ccccc2C(=O)N1[Se]. The van der Waals surface area contributed by atoms with Crippen LogP contribution < -0.4 is 0 Å². The Bertz CT molecular complexity index is 340. The predicted octanol–water partition coefficient (Wildman–Crippen LogP) is 0.366. The Morgan fingerprint density at radius 1 is 1.00 bits per heavy atom. The van der Waals surface area contributed by atoms with Crippen molar-refractivity contribution in [2.24, 2.45) is 0 Å². The van der Waals surface area contributed by atoms with Crippen molar-refractivity contribution in [1.82, 2.24) is 3.92 Å². The van der Waals surface area contributed by atoms with Crippen molar-refractivity contribution in [2.45, 2.75) is 0 Å². The Balaban J connectivity index is 2.67. The summed E-state index contributed by atoms with van der Waals surface area (Å²) in [4.78, 5) is 22.6. The van der Waals surface area contributed by atoms with E-state index in [1.54, 1.807) is 24.3 Å². The molecule has 1 aromatic carbocycles. The van der Waals surface area contributed by atoms with E-state index in [-0.39, 0.29) is 11.8 Å². The van der Waals surface area contributed by atoms with Gasteiger partial charge in [0.1, 0.15) is 0 Å². The minimum absolute atomic E-state index is 0.268. The summed E-state index contributed by atoms with van der Waals surface area (Å²) < 4.78 is 1.00. The molecule has 2 rings (SSSR count). The van der Waals surface area contributed by atoms with E-state index in [0.29, 0.717) is 11.1 Å². The van der Waals surface area contributed by atoms with E-state index >= 15 is 0 Å². The summed E-state index contributed by atoms with van der Waals surface area (Å²) in [6.45, 7) is 0. The van der Waals surface area contributed by atoms with E-state index in [9.17, 15) is 9.59 Å². The number of imide groups is 1. The van der Waals surface area contributed by atoms with E-state index in [0.717, 1.165) is 3.92 Å². The van der Waals surface area contributed by atoms with Crippen molar-refractivity contribution in [2.75, 3.05) is 0 Å². The topological polar surface area (TPSA) is 37.4 Å². The number of fused-ring (bicyclic) bond motifs is 1. The van der Waals surface area contributed by atoms with Crippen LogP contribution in [0.25, 0.3) is 0 Å². The molecule has 0 aliphatic carbocycles. The van der Waals surface area contributed by atoms with Crippen LogP contribution in [-0.2, 0) is 0 Å². The first-order valence-corrected chi connectivity index (χ1v) is 4.13. The van der Waals surface area contributed by atoms with Crippen LogP contribution in [0.2, 0.25) is 0 Å². The van der Waals surface area contributed by atoms with E-state index in [2.05, 4.69) is 16.2 Å². The summed E-state index contributed by atoms with van der Waals surface area (Å²) >= 11 is 2.42. The molecule has 1 radical (unpaired) electrons. The van der Waals surface area contributed by atoms with Crippen LogP contribution in [0.15, 0.2) is 24.3 Å². The van der Waals surface area contributed by atoms with Crippen molar-refractivity contribution in [3.05, 3.63) is 35.4 Å². The van der Waals surface area contributed by atoms with E-state index in [1.807, 2.05) is 0 Å². The second-order valence-corrected chi connectivity index (χ2v) is 3.22. The van der Waals surface area contributed by atoms with Gasteiger partial charge in [-0.2, -0.15) is 0 Å². The third kappa shape index (κ3) is 0.823. The Morgan fingerprint density at radius 3 is 1.83 bits per heavy atom. The number of benzene rings is 1. The van der Waals surface area contributed by atoms with Crippen molar-refractivity contribution in [1.29, 1.82) is 0 Å². The van der Waals surface area contributed by atoms with Gasteiger partial charge in [0.25, 0.3) is 0 Å². The van der Waals surface area contributed by atoms with Crippen LogP contribution in [-0.4, -0.2) is 32.0 Å². The summed E-state index contributed by atoms with van der Waals surface area (Å²) in [5, 5.41) is 0. The molecule has 0 bridgehead atoms. The first-order chi connectivity index (χ1) is 5.72. The molecule has 0 N–H and O–H groups in total. The Morgan fingerprint density at radius 2 is 1.42 bits per heavy atom. The molecule has 0 saturated heterocycles. The Kier molecular flexibility index (Phi) is 1.53. The van der Waals surface area contributed by atoms with Crippen LogP contribution in [0.4, 0.5) is 0 Å². The van der Waals surface area contributed by atoms with E-state index < -0.39 is 0 Å². The second kappa shape index (κ2) is 2.44. The van der Waals surface area contributed by atoms with Crippen molar-refractivity contribution >= 4 is 28.0 Å². The molecule has 0 atom stereocenters. The van der Waals surface area contributed by atoms with Gasteiger partial charge in [0.15, 0.2) is 0 Å². The van der Waals surface area contributed by atoms with Gasteiger partial charge >= 0.3 is 76.9 Å². The number of hydrogen-bond acceptors (Lipinski definition) is 2. The molecular weight excluding hydrogens is 221 g/mol. The minimum atomic E-state index is -0.268. The summed E-state index contributed by atoms with van der Waals surface area (Å²) in [5.74, 6) is -0.536. The zero-order valence-corrected chi connectivity index (χ0v) is 7.69. The van der Waals surface area contributed by atoms with Gasteiger partial charge in [-0.25, -0.2) is 0 Å². The Hall–Kier alpha value is -1.12. The average molecular weight is 225 g/mol. The maximum atomic E-state index is 11.3. The summed E-state index contributed by atoms with van der Waals surface area (Å²) in [5.41, 5.74) is 0.947. The Labute approximate surface area is 77.4 Å². The van der Waals surface area contributed by atoms with Gasteiger partial charge in [0.05, 0.1) is 0 Å². The number of rotatable bonds is 0. The van der Waals surface area contributed by atoms with Crippen molar-refractivity contribution in [3.8, 4) is 0 Å². The fraction of sp³-hybridized carbons (Fsp3) is 0. The zero-order chi connectivity index (χ0) is 8.72. The molecule has 1 aliphatic heterocycles. The molecule has 1 aliphatic rings.